The van der Waals surface area contributed by atoms with E-state index in [0.717, 1.165) is 25.3 Å². The highest BCUT2D eigenvalue weighted by molar-refractivity contribution is 5.90. The topological polar surface area (TPSA) is 429 Å². The van der Waals surface area contributed by atoms with Crippen molar-refractivity contribution in [2.24, 2.45) is 10.2 Å². The molecule has 6 fully saturated rings. The van der Waals surface area contributed by atoms with Gasteiger partial charge in [-0.05, 0) is 68.7 Å². The van der Waals surface area contributed by atoms with Gasteiger partial charge in [-0.1, -0.05) is 229 Å². The molecule has 10 unspecified atom stereocenters. The molecule has 0 spiro atoms. The summed E-state index contributed by atoms with van der Waals surface area (Å²) in [7, 11) is 3.46. The van der Waals surface area contributed by atoms with E-state index in [0.29, 0.717) is 22.3 Å². The fourth-order valence-corrected chi connectivity index (χ4v) is 15.6. The fourth-order valence-electron chi connectivity index (χ4n) is 15.6. The molecule has 6 aliphatic rings. The number of alkyl carbamates (subject to hydrolysis) is 1. The number of methoxy groups -OCH3 is 3. The van der Waals surface area contributed by atoms with Crippen LogP contribution in [-0.2, 0) is 149 Å². The molecule has 0 bridgehead atoms. The smallest absolute Gasteiger partial charge is 0.408 e. The van der Waals surface area contributed by atoms with Gasteiger partial charge in [-0.15, -0.1) is 0 Å². The number of amides is 1. The van der Waals surface area contributed by atoms with Crippen molar-refractivity contribution >= 4 is 30.0 Å². The second-order valence-corrected chi connectivity index (χ2v) is 29.7. The molecule has 3 N–H and O–H groups in total. The van der Waals surface area contributed by atoms with Crippen LogP contribution >= 0.6 is 0 Å². The molecule has 658 valence electrons. The SMILES string of the molecule is COC(=O)C1O[C@@H](O[C@H]2C(CO)O[C@@H](O[C@H]3C(C(=O)OC)O[C@@H](O[C@H]4C(COC(=O)c5ccccc5)O[C@@H](OC)[C@H](N=[N+]=[N-])C4OCc4ccccc4)C(OC(=O)c4ccccc4)[C@@H]3OCc3ccccc3)[C@@H]3NC(=O)OC23)C(OCc2ccccc2)[C@@H](OCc2ccccc2)[C@H]1O[C@@H]1OC(CO)[C@H](OCc2ccccc2)[C@H](OCc2ccccc2)C1N=[N+]=[N-]. The lowest BCUT2D eigenvalue weighted by Crippen LogP contribution is -2.69. The van der Waals surface area contributed by atoms with Crippen molar-refractivity contribution in [3.05, 3.63) is 308 Å². The van der Waals surface area contributed by atoms with Gasteiger partial charge in [-0.25, -0.2) is 24.0 Å². The number of fused-ring (bicyclic) bond motifs is 1. The number of aliphatic hydroxyl groups is 2. The van der Waals surface area contributed by atoms with Gasteiger partial charge in [0.25, 0.3) is 0 Å². The van der Waals surface area contributed by atoms with Gasteiger partial charge >= 0.3 is 30.0 Å². The van der Waals surface area contributed by atoms with E-state index in [1.165, 1.54) is 31.4 Å². The number of nitrogens with one attached hydrogen (secondary N) is 1. The maximum absolute atomic E-state index is 15.1. The summed E-state index contributed by atoms with van der Waals surface area (Å²) in [5.74, 6) is -3.98. The van der Waals surface area contributed by atoms with Crippen molar-refractivity contribution in [2.45, 2.75) is 193 Å². The molecule has 0 saturated carbocycles. The Balaban J connectivity index is 0.824. The first-order valence-corrected chi connectivity index (χ1v) is 40.5. The third kappa shape index (κ3) is 22.6. The number of rotatable bonds is 38. The molecule has 0 aliphatic carbocycles. The summed E-state index contributed by atoms with van der Waals surface area (Å²) in [5, 5.41) is 34.3. The van der Waals surface area contributed by atoms with Crippen molar-refractivity contribution in [3.8, 4) is 0 Å². The third-order valence-electron chi connectivity index (χ3n) is 21.7. The molecule has 14 rings (SSSR count). The van der Waals surface area contributed by atoms with Crippen molar-refractivity contribution in [2.75, 3.05) is 41.2 Å². The van der Waals surface area contributed by atoms with Crippen LogP contribution in [0.5, 0.6) is 0 Å². The lowest BCUT2D eigenvalue weighted by atomic mass is 9.93. The first-order chi connectivity index (χ1) is 61.2. The lowest BCUT2D eigenvalue weighted by molar-refractivity contribution is -0.380. The highest BCUT2D eigenvalue weighted by Gasteiger charge is 2.63. The summed E-state index contributed by atoms with van der Waals surface area (Å²) in [6, 6.07) is 65.4. The van der Waals surface area contributed by atoms with Gasteiger partial charge in [0, 0.05) is 16.9 Å². The molecule has 6 aliphatic heterocycles. The largest absolute Gasteiger partial charge is 0.467 e. The second-order valence-electron chi connectivity index (χ2n) is 29.7. The van der Waals surface area contributed by atoms with Crippen LogP contribution in [0.25, 0.3) is 20.9 Å². The van der Waals surface area contributed by atoms with Crippen molar-refractivity contribution in [1.29, 1.82) is 0 Å². The molecule has 6 heterocycles. The van der Waals surface area contributed by atoms with Crippen molar-refractivity contribution in [3.63, 3.8) is 0 Å². The molecule has 35 nitrogen and oxygen atoms in total. The fraction of sp³-hybridized carbons (Fsp3) is 0.411. The molecule has 25 atom stereocenters. The van der Waals surface area contributed by atoms with Gasteiger partial charge in [-0.2, -0.15) is 0 Å². The summed E-state index contributed by atoms with van der Waals surface area (Å²) in [6.45, 7) is -3.18. The van der Waals surface area contributed by atoms with E-state index in [1.54, 1.807) is 158 Å². The number of carbonyl (C=O) groups excluding carboxylic acids is 5. The standard InChI is InChI=1S/C90H95N7O28/c1-105-83(102)77-75(122-87-66(95-97-92)70(109-47-54-30-14-5-15-31-54)67(61(44-98)115-87)108-46-53-28-12-4-13-29-53)73(111-49-56-34-18-7-19-35-56)79(113-51-58-38-22-9-23-39-58)88(123-77)119-68-62(45-99)116-86(64-72(68)125-90(104)93-64)121-76-74(112-50-57-36-20-8-21-37-57)80(118-82(101)60-42-26-11-27-43-60)89(124-78(76)84(103)106-2)120-69-63(52-114-81(100)59-40-24-10-25-41-59)117-85(107-3)65(94-96-91)71(69)110-48-55-32-16-6-17-33-55/h4-43,61-80,85-89,98-99H,44-52H2,1-3H3,(H,93,104)/t61?,62?,63?,64-,65-,66?,67+,68+,69+,70-,71?,72?,73+,74-,75-,76-,77?,78?,79?,80?,85-,86+,87+,88-,89-/m1/s1. The summed E-state index contributed by atoms with van der Waals surface area (Å²) < 4.78 is 138. The van der Waals surface area contributed by atoms with Crippen LogP contribution in [0.3, 0.4) is 0 Å². The molecule has 0 radical (unpaired) electrons. The van der Waals surface area contributed by atoms with Crippen LogP contribution in [0.1, 0.15) is 54.1 Å². The summed E-state index contributed by atoms with van der Waals surface area (Å²) in [5.41, 5.74) is 24.9. The van der Waals surface area contributed by atoms with E-state index in [2.05, 4.69) is 25.4 Å². The van der Waals surface area contributed by atoms with Gasteiger partial charge in [0.1, 0.15) is 104 Å². The Morgan fingerprint density at radius 1 is 0.376 bits per heavy atom. The summed E-state index contributed by atoms with van der Waals surface area (Å²) >= 11 is 0. The highest BCUT2D eigenvalue weighted by atomic mass is 16.8. The normalized spacial score (nSPS) is 30.0. The number of benzene rings is 8. The molecule has 8 aromatic carbocycles. The maximum Gasteiger partial charge on any atom is 0.408 e. The predicted octanol–water partition coefficient (Wildman–Crippen LogP) is 9.56. The number of hydrogen-bond donors (Lipinski definition) is 3. The molecule has 1 amide bonds. The number of ether oxygens (including phenoxy) is 21. The van der Waals surface area contributed by atoms with E-state index in [9.17, 15) is 35.7 Å². The Morgan fingerprint density at radius 2 is 0.720 bits per heavy atom. The lowest BCUT2D eigenvalue weighted by Gasteiger charge is -2.51. The average Bonchev–Trinajstić information content (AvgIpc) is 1.68. The van der Waals surface area contributed by atoms with Gasteiger partial charge in [-0.3, -0.25) is 0 Å². The molecular formula is C90H95N7O28. The number of hydrogen-bond acceptors (Lipinski definition) is 30. The van der Waals surface area contributed by atoms with Gasteiger partial charge in [0.15, 0.2) is 55.9 Å². The molecule has 8 aromatic rings. The Morgan fingerprint density at radius 3 is 1.15 bits per heavy atom. The van der Waals surface area contributed by atoms with Crippen LogP contribution in [0.15, 0.2) is 253 Å². The Labute approximate surface area is 718 Å². The zero-order valence-electron chi connectivity index (χ0n) is 68.1. The Kier molecular flexibility index (Phi) is 32.1. The van der Waals surface area contributed by atoms with Crippen LogP contribution in [0.2, 0.25) is 0 Å². The van der Waals surface area contributed by atoms with Crippen LogP contribution < -0.4 is 5.32 Å². The molecule has 6 saturated heterocycles. The number of esters is 4. The zero-order valence-corrected chi connectivity index (χ0v) is 68.1. The monoisotopic (exact) mass is 1720 g/mol. The van der Waals surface area contributed by atoms with Crippen molar-refractivity contribution < 1.29 is 134 Å². The summed E-state index contributed by atoms with van der Waals surface area (Å²) in [4.78, 5) is 79.7. The van der Waals surface area contributed by atoms with Crippen LogP contribution in [0.4, 0.5) is 4.79 Å². The molecular weight excluding hydrogens is 1630 g/mol. The Bertz CT molecular complexity index is 4840. The van der Waals surface area contributed by atoms with Gasteiger partial charge in [0.2, 0.25) is 0 Å². The highest BCUT2D eigenvalue weighted by Crippen LogP contribution is 2.43. The minimum atomic E-state index is -2.03. The number of nitrogens with zero attached hydrogens (tertiary/aromatic N) is 6. The first kappa shape index (κ1) is 90.1. The van der Waals surface area contributed by atoms with Crippen LogP contribution in [-0.4, -0.2) is 235 Å². The molecule has 125 heavy (non-hydrogen) atoms. The van der Waals surface area contributed by atoms with E-state index >= 15 is 9.59 Å². The minimum absolute atomic E-state index is 0.00447. The molecule has 35 heteroatoms. The van der Waals surface area contributed by atoms with E-state index in [1.807, 2.05) is 60.7 Å². The Hall–Kier alpha value is -11.2. The first-order valence-electron chi connectivity index (χ1n) is 40.5. The van der Waals surface area contributed by atoms with E-state index < -0.39 is 203 Å². The van der Waals surface area contributed by atoms with Gasteiger partial charge < -0.3 is 115 Å². The number of aliphatic hydroxyl groups excluding tert-OH is 2. The zero-order chi connectivity index (χ0) is 87.0. The van der Waals surface area contributed by atoms with Crippen molar-refractivity contribution in [1.82, 2.24) is 5.32 Å². The van der Waals surface area contributed by atoms with E-state index in [-0.39, 0.29) is 50.8 Å². The third-order valence-corrected chi connectivity index (χ3v) is 21.7. The summed E-state index contributed by atoms with van der Waals surface area (Å²) in [6.07, 6.45) is -37.2. The average molecular weight is 1720 g/mol. The number of azide groups is 2. The molecule has 0 aromatic heterocycles. The quantitative estimate of drug-likeness (QED) is 0.0106. The minimum Gasteiger partial charge on any atom is -0.467 e. The number of carbonyl (C=O) groups is 5. The maximum atomic E-state index is 15.1. The van der Waals surface area contributed by atoms with Crippen LogP contribution in [0, 0.1) is 0 Å². The second kappa shape index (κ2) is 44.6. The van der Waals surface area contributed by atoms with E-state index in [4.69, 9.17) is 99.5 Å². The predicted molar refractivity (Wildman–Crippen MR) is 434 cm³/mol. The van der Waals surface area contributed by atoms with Gasteiger partial charge in [0.05, 0.1) is 78.2 Å².